The fourth-order valence-corrected chi connectivity index (χ4v) is 3.37. The van der Waals surface area contributed by atoms with Crippen molar-refractivity contribution in [3.63, 3.8) is 0 Å². The second kappa shape index (κ2) is 13.4. The maximum Gasteiger partial charge on any atom is 0.242 e. The number of rotatable bonds is 9. The molecule has 1 atom stereocenters. The Morgan fingerprint density at radius 1 is 1.32 bits per heavy atom. The van der Waals surface area contributed by atoms with Crippen LogP contribution in [-0.4, -0.2) is 61.4 Å². The number of nitrogens with one attached hydrogen (secondary N) is 1. The molecule has 0 aliphatic heterocycles. The van der Waals surface area contributed by atoms with Crippen molar-refractivity contribution >= 4 is 47.2 Å². The summed E-state index contributed by atoms with van der Waals surface area (Å²) in [5, 5.41) is 5.40. The lowest BCUT2D eigenvalue weighted by atomic mass is 10.1. The van der Waals surface area contributed by atoms with Gasteiger partial charge in [0, 0.05) is 38.1 Å². The van der Waals surface area contributed by atoms with Gasteiger partial charge >= 0.3 is 0 Å². The number of thiophene rings is 1. The van der Waals surface area contributed by atoms with E-state index in [0.29, 0.717) is 12.5 Å². The summed E-state index contributed by atoms with van der Waals surface area (Å²) >= 11 is 1.79. The Morgan fingerprint density at radius 2 is 2.00 bits per heavy atom. The van der Waals surface area contributed by atoms with Gasteiger partial charge in [-0.2, -0.15) is 0 Å². The monoisotopic (exact) mass is 480 g/mol. The van der Waals surface area contributed by atoms with E-state index in [4.69, 9.17) is 4.99 Å². The molecule has 0 saturated carbocycles. The van der Waals surface area contributed by atoms with Gasteiger partial charge < -0.3 is 15.1 Å². The SMILES string of the molecule is CCNC(=NCC(C)Cc1cccs1)N(C)CC(=O)N(CC)CC.I. The molecule has 0 aliphatic carbocycles. The summed E-state index contributed by atoms with van der Waals surface area (Å²) in [6.07, 6.45) is 1.04. The van der Waals surface area contributed by atoms with E-state index in [1.165, 1.54) is 4.88 Å². The first-order valence-corrected chi connectivity index (χ1v) is 9.69. The number of carbonyl (C=O) groups is 1. The molecule has 0 aromatic carbocycles. The predicted molar refractivity (Wildman–Crippen MR) is 119 cm³/mol. The molecule has 1 heterocycles. The van der Waals surface area contributed by atoms with Gasteiger partial charge in [0.15, 0.2) is 5.96 Å². The van der Waals surface area contributed by atoms with Crippen LogP contribution >= 0.6 is 35.3 Å². The summed E-state index contributed by atoms with van der Waals surface area (Å²) in [5.41, 5.74) is 0. The number of likely N-dealkylation sites (N-methyl/N-ethyl adjacent to an activating group) is 2. The second-order valence-corrected chi connectivity index (χ2v) is 7.04. The van der Waals surface area contributed by atoms with Gasteiger partial charge in [-0.1, -0.05) is 13.0 Å². The van der Waals surface area contributed by atoms with Crippen molar-refractivity contribution in [2.45, 2.75) is 34.1 Å². The predicted octanol–water partition coefficient (Wildman–Crippen LogP) is 3.31. The normalized spacial score (nSPS) is 12.3. The van der Waals surface area contributed by atoms with E-state index < -0.39 is 0 Å². The zero-order chi connectivity index (χ0) is 17.9. The highest BCUT2D eigenvalue weighted by atomic mass is 127. The average molecular weight is 480 g/mol. The van der Waals surface area contributed by atoms with E-state index in [1.54, 1.807) is 11.3 Å². The summed E-state index contributed by atoms with van der Waals surface area (Å²) in [6, 6.07) is 4.26. The van der Waals surface area contributed by atoms with E-state index in [1.807, 2.05) is 37.6 Å². The zero-order valence-electron chi connectivity index (χ0n) is 16.1. The van der Waals surface area contributed by atoms with Crippen molar-refractivity contribution in [1.29, 1.82) is 0 Å². The average Bonchev–Trinajstić information content (AvgIpc) is 3.05. The molecule has 1 rings (SSSR count). The largest absolute Gasteiger partial charge is 0.357 e. The van der Waals surface area contributed by atoms with E-state index in [0.717, 1.165) is 38.6 Å². The summed E-state index contributed by atoms with van der Waals surface area (Å²) < 4.78 is 0. The maximum absolute atomic E-state index is 12.3. The van der Waals surface area contributed by atoms with Gasteiger partial charge in [-0.3, -0.25) is 9.79 Å². The molecule has 7 heteroatoms. The molecule has 0 fully saturated rings. The Hall–Kier alpha value is -0.830. The molecule has 5 nitrogen and oxygen atoms in total. The molecule has 1 N–H and O–H groups in total. The van der Waals surface area contributed by atoms with Crippen molar-refractivity contribution in [3.05, 3.63) is 22.4 Å². The van der Waals surface area contributed by atoms with Crippen LogP contribution < -0.4 is 5.32 Å². The minimum atomic E-state index is 0. The van der Waals surface area contributed by atoms with Crippen LogP contribution in [-0.2, 0) is 11.2 Å². The van der Waals surface area contributed by atoms with Crippen molar-refractivity contribution in [3.8, 4) is 0 Å². The first-order chi connectivity index (χ1) is 11.5. The van der Waals surface area contributed by atoms with Crippen LogP contribution in [0.2, 0.25) is 0 Å². The highest BCUT2D eigenvalue weighted by molar-refractivity contribution is 14.0. The van der Waals surface area contributed by atoms with Crippen LogP contribution in [0.25, 0.3) is 0 Å². The second-order valence-electron chi connectivity index (χ2n) is 6.01. The summed E-state index contributed by atoms with van der Waals surface area (Å²) in [6.45, 7) is 11.7. The third kappa shape index (κ3) is 8.89. The standard InChI is InChI=1S/C18H32N4OS.HI/c1-6-19-18(21(5)14-17(23)22(7-2)8-3)20-13-15(4)12-16-10-9-11-24-16;/h9-11,15H,6-8,12-14H2,1-5H3,(H,19,20);1H. The number of aliphatic imine (C=N–C) groups is 1. The summed E-state index contributed by atoms with van der Waals surface area (Å²) in [5.74, 6) is 1.42. The van der Waals surface area contributed by atoms with Crippen LogP contribution in [0.5, 0.6) is 0 Å². The molecule has 1 aromatic heterocycles. The van der Waals surface area contributed by atoms with Gasteiger partial charge in [0.2, 0.25) is 5.91 Å². The van der Waals surface area contributed by atoms with Gasteiger partial charge in [-0.05, 0) is 44.6 Å². The quantitative estimate of drug-likeness (QED) is 0.335. The molecule has 1 unspecified atom stereocenters. The Balaban J connectivity index is 0.00000576. The Kier molecular flexibility index (Phi) is 12.9. The highest BCUT2D eigenvalue weighted by Crippen LogP contribution is 2.14. The van der Waals surface area contributed by atoms with Gasteiger partial charge in [-0.15, -0.1) is 35.3 Å². The summed E-state index contributed by atoms with van der Waals surface area (Å²) in [7, 11) is 1.92. The molecular formula is C18H33IN4OS. The first-order valence-electron chi connectivity index (χ1n) is 8.81. The highest BCUT2D eigenvalue weighted by Gasteiger charge is 2.15. The topological polar surface area (TPSA) is 47.9 Å². The van der Waals surface area contributed by atoms with Crippen molar-refractivity contribution in [1.82, 2.24) is 15.1 Å². The van der Waals surface area contributed by atoms with Crippen molar-refractivity contribution in [2.75, 3.05) is 39.8 Å². The zero-order valence-corrected chi connectivity index (χ0v) is 19.3. The fraction of sp³-hybridized carbons (Fsp3) is 0.667. The molecule has 0 bridgehead atoms. The number of guanidine groups is 1. The number of halogens is 1. The van der Waals surface area contributed by atoms with Crippen molar-refractivity contribution in [2.24, 2.45) is 10.9 Å². The van der Waals surface area contributed by atoms with E-state index in [9.17, 15) is 4.79 Å². The molecule has 144 valence electrons. The van der Waals surface area contributed by atoms with E-state index in [-0.39, 0.29) is 29.9 Å². The van der Waals surface area contributed by atoms with Gasteiger partial charge in [0.05, 0.1) is 6.54 Å². The number of amides is 1. The Labute approximate surface area is 173 Å². The number of hydrogen-bond acceptors (Lipinski definition) is 3. The minimum Gasteiger partial charge on any atom is -0.357 e. The van der Waals surface area contributed by atoms with Crippen LogP contribution in [0.1, 0.15) is 32.6 Å². The van der Waals surface area contributed by atoms with Gasteiger partial charge in [0.1, 0.15) is 0 Å². The molecule has 0 spiro atoms. The third-order valence-electron chi connectivity index (χ3n) is 3.87. The minimum absolute atomic E-state index is 0. The van der Waals surface area contributed by atoms with E-state index in [2.05, 4.69) is 29.8 Å². The smallest absolute Gasteiger partial charge is 0.242 e. The van der Waals surface area contributed by atoms with Crippen LogP contribution in [0.3, 0.4) is 0 Å². The summed E-state index contributed by atoms with van der Waals surface area (Å²) in [4.78, 5) is 22.2. The lowest BCUT2D eigenvalue weighted by molar-refractivity contribution is -0.131. The Morgan fingerprint density at radius 3 is 2.52 bits per heavy atom. The Bertz CT molecular complexity index is 503. The lowest BCUT2D eigenvalue weighted by Crippen LogP contribution is -2.45. The van der Waals surface area contributed by atoms with E-state index >= 15 is 0 Å². The molecule has 0 radical (unpaired) electrons. The van der Waals surface area contributed by atoms with Crippen LogP contribution in [0.4, 0.5) is 0 Å². The first kappa shape index (κ1) is 24.2. The molecular weight excluding hydrogens is 447 g/mol. The van der Waals surface area contributed by atoms with Crippen molar-refractivity contribution < 1.29 is 4.79 Å². The third-order valence-corrected chi connectivity index (χ3v) is 4.77. The van der Waals surface area contributed by atoms with Gasteiger partial charge in [0.25, 0.3) is 0 Å². The molecule has 1 aromatic rings. The molecule has 0 aliphatic rings. The molecule has 0 saturated heterocycles. The van der Waals surface area contributed by atoms with Crippen LogP contribution in [0, 0.1) is 5.92 Å². The molecule has 25 heavy (non-hydrogen) atoms. The number of carbonyl (C=O) groups excluding carboxylic acids is 1. The fourth-order valence-electron chi connectivity index (χ4n) is 2.50. The molecule has 1 amide bonds. The lowest BCUT2D eigenvalue weighted by Gasteiger charge is -2.26. The van der Waals surface area contributed by atoms with Crippen LogP contribution in [0.15, 0.2) is 22.5 Å². The maximum atomic E-state index is 12.3. The number of hydrogen-bond donors (Lipinski definition) is 1. The van der Waals surface area contributed by atoms with Gasteiger partial charge in [-0.25, -0.2) is 0 Å². The number of nitrogens with zero attached hydrogens (tertiary/aromatic N) is 3.